The lowest BCUT2D eigenvalue weighted by Gasteiger charge is -2.05. The summed E-state index contributed by atoms with van der Waals surface area (Å²) in [6, 6.07) is 0. The van der Waals surface area contributed by atoms with Gasteiger partial charge >= 0.3 is 0 Å². The molecule has 6 heteroatoms. The van der Waals surface area contributed by atoms with Crippen molar-refractivity contribution in [2.45, 2.75) is 79.1 Å². The van der Waals surface area contributed by atoms with Gasteiger partial charge in [0, 0.05) is 30.6 Å². The van der Waals surface area contributed by atoms with Crippen molar-refractivity contribution < 1.29 is 13.3 Å². The zero-order valence-electron chi connectivity index (χ0n) is 17.3. The van der Waals surface area contributed by atoms with E-state index in [2.05, 4.69) is 37.7 Å². The van der Waals surface area contributed by atoms with Gasteiger partial charge in [-0.2, -0.15) is 0 Å². The van der Waals surface area contributed by atoms with Crippen LogP contribution in [0.25, 0.3) is 0 Å². The average Bonchev–Trinajstić information content (AvgIpc) is 3.28. The Bertz CT molecular complexity index is 904. The third kappa shape index (κ3) is 4.31. The standard InChI is InChI=1S/C21H29N3O3/c1-11(2)19-23-17(15(6)26-19)9-13(4)21-24-18(16(7)27-21)8-12(3)20-22-14(5)10-25-20/h10-13H,8-9H2,1-7H3. The van der Waals surface area contributed by atoms with Crippen LogP contribution in [0, 0.1) is 20.8 Å². The maximum atomic E-state index is 5.96. The van der Waals surface area contributed by atoms with Gasteiger partial charge in [-0.15, -0.1) is 0 Å². The smallest absolute Gasteiger partial charge is 0.197 e. The van der Waals surface area contributed by atoms with Crippen LogP contribution in [0.3, 0.4) is 0 Å². The minimum absolute atomic E-state index is 0.126. The molecule has 0 saturated heterocycles. The number of hydrogen-bond donors (Lipinski definition) is 0. The Morgan fingerprint density at radius 2 is 1.26 bits per heavy atom. The van der Waals surface area contributed by atoms with Crippen LogP contribution in [0.1, 0.15) is 91.7 Å². The molecule has 3 aromatic heterocycles. The number of hydrogen-bond acceptors (Lipinski definition) is 6. The Morgan fingerprint density at radius 3 is 1.74 bits per heavy atom. The van der Waals surface area contributed by atoms with Crippen LogP contribution in [0.4, 0.5) is 0 Å². The van der Waals surface area contributed by atoms with Crippen molar-refractivity contribution in [3.05, 3.63) is 52.5 Å². The van der Waals surface area contributed by atoms with Crippen LogP contribution in [0.15, 0.2) is 19.5 Å². The molecule has 2 atom stereocenters. The summed E-state index contributed by atoms with van der Waals surface area (Å²) >= 11 is 0. The molecule has 3 heterocycles. The summed E-state index contributed by atoms with van der Waals surface area (Å²) in [4.78, 5) is 13.8. The molecule has 0 saturated carbocycles. The lowest BCUT2D eigenvalue weighted by molar-refractivity contribution is 0.433. The number of aryl methyl sites for hydroxylation is 3. The van der Waals surface area contributed by atoms with Crippen molar-refractivity contribution in [2.75, 3.05) is 0 Å². The van der Waals surface area contributed by atoms with E-state index in [1.54, 1.807) is 6.26 Å². The van der Waals surface area contributed by atoms with Gasteiger partial charge in [0.15, 0.2) is 17.7 Å². The highest BCUT2D eigenvalue weighted by Crippen LogP contribution is 2.27. The molecule has 6 nitrogen and oxygen atoms in total. The number of oxazole rings is 3. The highest BCUT2D eigenvalue weighted by molar-refractivity contribution is 5.17. The van der Waals surface area contributed by atoms with Gasteiger partial charge in [-0.25, -0.2) is 15.0 Å². The van der Waals surface area contributed by atoms with E-state index in [0.29, 0.717) is 0 Å². The van der Waals surface area contributed by atoms with Crippen molar-refractivity contribution in [1.29, 1.82) is 0 Å². The van der Waals surface area contributed by atoms with Crippen LogP contribution in [0.2, 0.25) is 0 Å². The van der Waals surface area contributed by atoms with Crippen LogP contribution < -0.4 is 0 Å². The first-order chi connectivity index (χ1) is 12.7. The number of rotatable bonds is 7. The van der Waals surface area contributed by atoms with E-state index in [1.165, 1.54) is 0 Å². The fourth-order valence-corrected chi connectivity index (χ4v) is 3.09. The molecular formula is C21H29N3O3. The van der Waals surface area contributed by atoms with Gasteiger partial charge in [0.25, 0.3) is 0 Å². The molecule has 3 aromatic rings. The van der Waals surface area contributed by atoms with E-state index in [1.807, 2.05) is 20.8 Å². The van der Waals surface area contributed by atoms with Crippen molar-refractivity contribution in [1.82, 2.24) is 15.0 Å². The first-order valence-corrected chi connectivity index (χ1v) is 9.59. The van der Waals surface area contributed by atoms with Gasteiger partial charge < -0.3 is 13.3 Å². The molecule has 0 N–H and O–H groups in total. The van der Waals surface area contributed by atoms with E-state index in [0.717, 1.165) is 59.1 Å². The Labute approximate surface area is 160 Å². The van der Waals surface area contributed by atoms with Crippen LogP contribution in [0.5, 0.6) is 0 Å². The lowest BCUT2D eigenvalue weighted by Crippen LogP contribution is -2.03. The summed E-state index contributed by atoms with van der Waals surface area (Å²) < 4.78 is 17.2. The minimum atomic E-state index is 0.126. The zero-order chi connectivity index (χ0) is 19.7. The van der Waals surface area contributed by atoms with E-state index in [-0.39, 0.29) is 17.8 Å². The summed E-state index contributed by atoms with van der Waals surface area (Å²) in [5.74, 6) is 4.56. The second-order valence-corrected chi connectivity index (χ2v) is 7.80. The summed E-state index contributed by atoms with van der Waals surface area (Å²) in [7, 11) is 0. The monoisotopic (exact) mass is 371 g/mol. The van der Waals surface area contributed by atoms with Gasteiger partial charge in [-0.3, -0.25) is 0 Å². The maximum absolute atomic E-state index is 5.96. The van der Waals surface area contributed by atoms with Crippen molar-refractivity contribution >= 4 is 0 Å². The Morgan fingerprint density at radius 1 is 0.741 bits per heavy atom. The first kappa shape index (κ1) is 19.4. The molecule has 0 aromatic carbocycles. The predicted octanol–water partition coefficient (Wildman–Crippen LogP) is 5.39. The molecule has 0 aliphatic rings. The molecular weight excluding hydrogens is 342 g/mol. The van der Waals surface area contributed by atoms with Gasteiger partial charge in [-0.1, -0.05) is 27.7 Å². The van der Waals surface area contributed by atoms with Gasteiger partial charge in [0.2, 0.25) is 0 Å². The first-order valence-electron chi connectivity index (χ1n) is 9.59. The van der Waals surface area contributed by atoms with E-state index in [9.17, 15) is 0 Å². The summed E-state index contributed by atoms with van der Waals surface area (Å²) in [5, 5.41) is 0. The topological polar surface area (TPSA) is 78.1 Å². The summed E-state index contributed by atoms with van der Waals surface area (Å²) in [5.41, 5.74) is 2.83. The van der Waals surface area contributed by atoms with Crippen LogP contribution >= 0.6 is 0 Å². The quantitative estimate of drug-likeness (QED) is 0.554. The largest absolute Gasteiger partial charge is 0.448 e. The van der Waals surface area contributed by atoms with Gasteiger partial charge in [-0.05, 0) is 20.8 Å². The molecule has 27 heavy (non-hydrogen) atoms. The molecule has 0 bridgehead atoms. The van der Waals surface area contributed by atoms with Crippen LogP contribution in [-0.2, 0) is 12.8 Å². The predicted molar refractivity (Wildman–Crippen MR) is 102 cm³/mol. The third-order valence-electron chi connectivity index (χ3n) is 4.79. The molecule has 0 spiro atoms. The molecule has 146 valence electrons. The normalized spacial score (nSPS) is 14.1. The Balaban J connectivity index is 1.71. The molecule has 0 aliphatic carbocycles. The molecule has 3 rings (SSSR count). The van der Waals surface area contributed by atoms with E-state index >= 15 is 0 Å². The Kier molecular flexibility index (Phi) is 5.53. The van der Waals surface area contributed by atoms with Crippen LogP contribution in [-0.4, -0.2) is 15.0 Å². The zero-order valence-corrected chi connectivity index (χ0v) is 17.3. The lowest BCUT2D eigenvalue weighted by atomic mass is 10.0. The molecule has 0 amide bonds. The third-order valence-corrected chi connectivity index (χ3v) is 4.79. The number of aromatic nitrogens is 3. The van der Waals surface area contributed by atoms with Gasteiger partial charge in [0.1, 0.15) is 17.8 Å². The average molecular weight is 371 g/mol. The van der Waals surface area contributed by atoms with E-state index < -0.39 is 0 Å². The van der Waals surface area contributed by atoms with Crippen molar-refractivity contribution in [3.63, 3.8) is 0 Å². The molecule has 0 radical (unpaired) electrons. The summed E-state index contributed by atoms with van der Waals surface area (Å²) in [6.45, 7) is 14.2. The number of nitrogens with zero attached hydrogens (tertiary/aromatic N) is 3. The van der Waals surface area contributed by atoms with E-state index in [4.69, 9.17) is 18.2 Å². The second kappa shape index (κ2) is 7.71. The highest BCUT2D eigenvalue weighted by atomic mass is 16.4. The molecule has 2 unspecified atom stereocenters. The van der Waals surface area contributed by atoms with Crippen molar-refractivity contribution in [2.24, 2.45) is 0 Å². The highest BCUT2D eigenvalue weighted by Gasteiger charge is 2.22. The fourth-order valence-electron chi connectivity index (χ4n) is 3.09. The van der Waals surface area contributed by atoms with Gasteiger partial charge in [0.05, 0.1) is 17.1 Å². The maximum Gasteiger partial charge on any atom is 0.197 e. The minimum Gasteiger partial charge on any atom is -0.448 e. The summed E-state index contributed by atoms with van der Waals surface area (Å²) in [6.07, 6.45) is 3.17. The fraction of sp³-hybridized carbons (Fsp3) is 0.571. The van der Waals surface area contributed by atoms with Crippen molar-refractivity contribution in [3.8, 4) is 0 Å². The SMILES string of the molecule is Cc1coc(C(C)Cc2nc(C(C)Cc3nc(C(C)C)oc3C)oc2C)n1. The Hall–Kier alpha value is -2.37. The second-order valence-electron chi connectivity index (χ2n) is 7.80. The molecule has 0 aliphatic heterocycles. The molecule has 0 fully saturated rings.